The van der Waals surface area contributed by atoms with Crippen LogP contribution >= 0.6 is 12.2 Å². The van der Waals surface area contributed by atoms with Crippen molar-refractivity contribution in [3.05, 3.63) is 28.8 Å². The van der Waals surface area contributed by atoms with Crippen molar-refractivity contribution in [2.45, 2.75) is 26.7 Å². The number of aryl methyl sites for hydroxylation is 2. The Bertz CT molecular complexity index is 351. The molecular weight excluding hydrogens is 206 g/mol. The first-order valence-corrected chi connectivity index (χ1v) is 5.38. The van der Waals surface area contributed by atoms with Crippen LogP contribution in [-0.4, -0.2) is 12.1 Å². The van der Waals surface area contributed by atoms with Gasteiger partial charge in [-0.25, -0.2) is 0 Å². The van der Waals surface area contributed by atoms with E-state index in [2.05, 4.69) is 13.8 Å². The standard InChI is InChI=1S/C12H17NOS/c1-8-6-10(14-3)7-9(2)11(8)4-5-12(13)15/h6-7H,4-5H2,1-3H3,(H2,13,15). The molecule has 0 aliphatic heterocycles. The monoisotopic (exact) mass is 223 g/mol. The van der Waals surface area contributed by atoms with E-state index in [4.69, 9.17) is 22.7 Å². The van der Waals surface area contributed by atoms with Crippen LogP contribution < -0.4 is 10.5 Å². The molecule has 2 N–H and O–H groups in total. The molecule has 0 saturated heterocycles. The Morgan fingerprint density at radius 2 is 1.87 bits per heavy atom. The molecule has 0 amide bonds. The molecule has 0 aliphatic rings. The maximum absolute atomic E-state index is 5.50. The van der Waals surface area contributed by atoms with Gasteiger partial charge in [-0.2, -0.15) is 0 Å². The first-order valence-electron chi connectivity index (χ1n) is 4.97. The zero-order chi connectivity index (χ0) is 11.4. The van der Waals surface area contributed by atoms with Gasteiger partial charge < -0.3 is 10.5 Å². The zero-order valence-electron chi connectivity index (χ0n) is 9.46. The first-order chi connectivity index (χ1) is 7.04. The van der Waals surface area contributed by atoms with E-state index in [1.54, 1.807) is 7.11 Å². The van der Waals surface area contributed by atoms with Crippen LogP contribution in [0.5, 0.6) is 5.75 Å². The van der Waals surface area contributed by atoms with Gasteiger partial charge in [-0.1, -0.05) is 12.2 Å². The Labute approximate surface area is 96.4 Å². The molecule has 0 bridgehead atoms. The molecule has 0 spiro atoms. The molecule has 0 aliphatic carbocycles. The molecule has 1 rings (SSSR count). The van der Waals surface area contributed by atoms with Crippen LogP contribution in [0.1, 0.15) is 23.1 Å². The molecule has 0 aromatic heterocycles. The zero-order valence-corrected chi connectivity index (χ0v) is 10.3. The fraction of sp³-hybridized carbons (Fsp3) is 0.417. The summed E-state index contributed by atoms with van der Waals surface area (Å²) >= 11 is 4.88. The summed E-state index contributed by atoms with van der Waals surface area (Å²) in [5, 5.41) is 0. The maximum Gasteiger partial charge on any atom is 0.119 e. The number of methoxy groups -OCH3 is 1. The Morgan fingerprint density at radius 1 is 1.33 bits per heavy atom. The molecule has 0 atom stereocenters. The largest absolute Gasteiger partial charge is 0.497 e. The summed E-state index contributed by atoms with van der Waals surface area (Å²) in [6.07, 6.45) is 1.68. The second kappa shape index (κ2) is 5.12. The van der Waals surface area contributed by atoms with E-state index in [1.165, 1.54) is 16.7 Å². The average Bonchev–Trinajstić information content (AvgIpc) is 2.15. The van der Waals surface area contributed by atoms with Crippen LogP contribution in [0.2, 0.25) is 0 Å². The average molecular weight is 223 g/mol. The maximum atomic E-state index is 5.50. The van der Waals surface area contributed by atoms with Crippen molar-refractivity contribution < 1.29 is 4.74 Å². The smallest absolute Gasteiger partial charge is 0.119 e. The number of nitrogens with two attached hydrogens (primary N) is 1. The van der Waals surface area contributed by atoms with Gasteiger partial charge in [-0.15, -0.1) is 0 Å². The molecule has 3 heteroatoms. The summed E-state index contributed by atoms with van der Waals surface area (Å²) in [6.45, 7) is 4.18. The Kier molecular flexibility index (Phi) is 4.09. The molecule has 1 aromatic rings. The number of ether oxygens (including phenoxy) is 1. The predicted octanol–water partition coefficient (Wildman–Crippen LogP) is 2.53. The molecule has 0 saturated carbocycles. The van der Waals surface area contributed by atoms with Crippen molar-refractivity contribution in [1.82, 2.24) is 0 Å². The van der Waals surface area contributed by atoms with Gasteiger partial charge in [-0.3, -0.25) is 0 Å². The fourth-order valence-electron chi connectivity index (χ4n) is 1.71. The van der Waals surface area contributed by atoms with Gasteiger partial charge >= 0.3 is 0 Å². The number of thiocarbonyl (C=S) groups is 1. The molecule has 0 fully saturated rings. The van der Waals surface area contributed by atoms with Crippen molar-refractivity contribution in [1.29, 1.82) is 0 Å². The third-order valence-corrected chi connectivity index (χ3v) is 2.73. The summed E-state index contributed by atoms with van der Waals surface area (Å²) in [4.78, 5) is 0.574. The minimum Gasteiger partial charge on any atom is -0.497 e. The molecule has 0 heterocycles. The highest BCUT2D eigenvalue weighted by molar-refractivity contribution is 7.80. The highest BCUT2D eigenvalue weighted by Gasteiger charge is 2.05. The van der Waals surface area contributed by atoms with E-state index >= 15 is 0 Å². The molecule has 0 unspecified atom stereocenters. The SMILES string of the molecule is COc1cc(C)c(CCC(N)=S)c(C)c1. The molecule has 1 aromatic carbocycles. The van der Waals surface area contributed by atoms with Gasteiger partial charge in [0.25, 0.3) is 0 Å². The quantitative estimate of drug-likeness (QED) is 0.797. The summed E-state index contributed by atoms with van der Waals surface area (Å²) < 4.78 is 5.21. The number of benzene rings is 1. The van der Waals surface area contributed by atoms with E-state index < -0.39 is 0 Å². The van der Waals surface area contributed by atoms with Crippen molar-refractivity contribution in [2.24, 2.45) is 5.73 Å². The molecule has 82 valence electrons. The van der Waals surface area contributed by atoms with E-state index in [1.807, 2.05) is 12.1 Å². The minimum absolute atomic E-state index is 0.574. The summed E-state index contributed by atoms with van der Waals surface area (Å²) in [5.41, 5.74) is 9.30. The van der Waals surface area contributed by atoms with Gasteiger partial charge in [-0.05, 0) is 49.1 Å². The van der Waals surface area contributed by atoms with Gasteiger partial charge in [0.1, 0.15) is 5.75 Å². The summed E-state index contributed by atoms with van der Waals surface area (Å²) in [6, 6.07) is 4.09. The van der Waals surface area contributed by atoms with Crippen LogP contribution in [0.4, 0.5) is 0 Å². The number of hydrogen-bond acceptors (Lipinski definition) is 2. The Balaban J connectivity index is 2.92. The van der Waals surface area contributed by atoms with E-state index in [0.29, 0.717) is 4.99 Å². The second-order valence-electron chi connectivity index (χ2n) is 3.71. The third-order valence-electron chi connectivity index (χ3n) is 2.53. The minimum atomic E-state index is 0.574. The van der Waals surface area contributed by atoms with Crippen molar-refractivity contribution in [2.75, 3.05) is 7.11 Å². The first kappa shape index (κ1) is 12.0. The molecule has 2 nitrogen and oxygen atoms in total. The lowest BCUT2D eigenvalue weighted by Gasteiger charge is -2.11. The van der Waals surface area contributed by atoms with Gasteiger partial charge in [0, 0.05) is 6.42 Å². The fourth-order valence-corrected chi connectivity index (χ4v) is 1.82. The van der Waals surface area contributed by atoms with Crippen LogP contribution in [-0.2, 0) is 6.42 Å². The highest BCUT2D eigenvalue weighted by atomic mass is 32.1. The molecule has 15 heavy (non-hydrogen) atoms. The highest BCUT2D eigenvalue weighted by Crippen LogP contribution is 2.22. The van der Waals surface area contributed by atoms with Gasteiger partial charge in [0.2, 0.25) is 0 Å². The molecular formula is C12H17NOS. The Hall–Kier alpha value is -1.09. The van der Waals surface area contributed by atoms with Crippen LogP contribution in [0.3, 0.4) is 0 Å². The number of rotatable bonds is 4. The van der Waals surface area contributed by atoms with Crippen LogP contribution in [0.25, 0.3) is 0 Å². The third kappa shape index (κ3) is 3.20. The lowest BCUT2D eigenvalue weighted by atomic mass is 9.98. The second-order valence-corrected chi connectivity index (χ2v) is 4.23. The lowest BCUT2D eigenvalue weighted by molar-refractivity contribution is 0.414. The number of hydrogen-bond donors (Lipinski definition) is 1. The molecule has 0 radical (unpaired) electrons. The van der Waals surface area contributed by atoms with Gasteiger partial charge in [0.15, 0.2) is 0 Å². The van der Waals surface area contributed by atoms with Gasteiger partial charge in [0.05, 0.1) is 12.1 Å². The van der Waals surface area contributed by atoms with E-state index in [0.717, 1.165) is 18.6 Å². The van der Waals surface area contributed by atoms with E-state index in [-0.39, 0.29) is 0 Å². The summed E-state index contributed by atoms with van der Waals surface area (Å²) in [5.74, 6) is 0.907. The van der Waals surface area contributed by atoms with Crippen LogP contribution in [0.15, 0.2) is 12.1 Å². The van der Waals surface area contributed by atoms with Crippen LogP contribution in [0, 0.1) is 13.8 Å². The van der Waals surface area contributed by atoms with Crippen molar-refractivity contribution >= 4 is 17.2 Å². The van der Waals surface area contributed by atoms with Crippen molar-refractivity contribution in [3.8, 4) is 5.75 Å². The summed E-state index contributed by atoms with van der Waals surface area (Å²) in [7, 11) is 1.68. The Morgan fingerprint density at radius 3 is 2.27 bits per heavy atom. The normalized spacial score (nSPS) is 10.1. The van der Waals surface area contributed by atoms with Crippen molar-refractivity contribution in [3.63, 3.8) is 0 Å². The predicted molar refractivity (Wildman–Crippen MR) is 67.6 cm³/mol. The topological polar surface area (TPSA) is 35.2 Å². The van der Waals surface area contributed by atoms with E-state index in [9.17, 15) is 0 Å². The lowest BCUT2D eigenvalue weighted by Crippen LogP contribution is -2.09.